The summed E-state index contributed by atoms with van der Waals surface area (Å²) >= 11 is 6.68. The molecular formula is C25H22ClF3N4O2S. The highest BCUT2D eigenvalue weighted by atomic mass is 35.5. The highest BCUT2D eigenvalue weighted by Crippen LogP contribution is 2.37. The van der Waals surface area contributed by atoms with Crippen molar-refractivity contribution >= 4 is 51.5 Å². The Hall–Kier alpha value is -2.82. The number of nitrogens with zero attached hydrogens (tertiary/aromatic N) is 3. The van der Waals surface area contributed by atoms with Crippen molar-refractivity contribution in [1.29, 1.82) is 0 Å². The van der Waals surface area contributed by atoms with E-state index >= 15 is 0 Å². The molecule has 5 rings (SSSR count). The van der Waals surface area contributed by atoms with Crippen LogP contribution < -0.4 is 5.73 Å². The van der Waals surface area contributed by atoms with Crippen molar-refractivity contribution < 1.29 is 22.8 Å². The molecule has 3 aromatic rings. The second-order valence-corrected chi connectivity index (χ2v) is 10.4. The molecule has 0 bridgehead atoms. The summed E-state index contributed by atoms with van der Waals surface area (Å²) in [5.41, 5.74) is 6.76. The molecule has 2 heterocycles. The Bertz CT molecular complexity index is 1390. The van der Waals surface area contributed by atoms with Crippen LogP contribution in [0.3, 0.4) is 0 Å². The highest BCUT2D eigenvalue weighted by molar-refractivity contribution is 8.18. The number of thioether (sulfide) groups is 1. The smallest absolute Gasteiger partial charge is 0.326 e. The van der Waals surface area contributed by atoms with Crippen LogP contribution in [0.15, 0.2) is 47.5 Å². The fourth-order valence-corrected chi connectivity index (χ4v) is 5.87. The zero-order valence-electron chi connectivity index (χ0n) is 19.0. The molecule has 2 fully saturated rings. The molecule has 2 amide bonds. The van der Waals surface area contributed by atoms with Crippen molar-refractivity contribution in [3.8, 4) is 0 Å². The first-order valence-corrected chi connectivity index (χ1v) is 12.6. The van der Waals surface area contributed by atoms with E-state index in [0.717, 1.165) is 37.1 Å². The molecule has 1 saturated carbocycles. The molecule has 2 aromatic carbocycles. The largest absolute Gasteiger partial charge is 0.416 e. The average Bonchev–Trinajstić information content (AvgIpc) is 3.34. The summed E-state index contributed by atoms with van der Waals surface area (Å²) in [6.07, 6.45) is 2.08. The van der Waals surface area contributed by atoms with Crippen LogP contribution in [0.25, 0.3) is 17.0 Å². The van der Waals surface area contributed by atoms with Crippen LogP contribution in [0.5, 0.6) is 0 Å². The number of carbonyl (C=O) groups is 2. The van der Waals surface area contributed by atoms with Gasteiger partial charge >= 0.3 is 6.18 Å². The number of hydrogen-bond donors (Lipinski definition) is 1. The summed E-state index contributed by atoms with van der Waals surface area (Å²) in [6, 6.07) is 8.44. The van der Waals surface area contributed by atoms with Crippen LogP contribution in [0.2, 0.25) is 5.02 Å². The predicted octanol–water partition coefficient (Wildman–Crippen LogP) is 6.06. The van der Waals surface area contributed by atoms with Crippen LogP contribution in [0.4, 0.5) is 18.0 Å². The quantitative estimate of drug-likeness (QED) is 0.411. The van der Waals surface area contributed by atoms with Gasteiger partial charge in [0.2, 0.25) is 0 Å². The maximum Gasteiger partial charge on any atom is 0.416 e. The number of aromatic nitrogens is 2. The summed E-state index contributed by atoms with van der Waals surface area (Å²) in [5, 5.41) is 4.66. The van der Waals surface area contributed by atoms with Crippen molar-refractivity contribution in [2.45, 2.75) is 50.5 Å². The van der Waals surface area contributed by atoms with Gasteiger partial charge in [0.15, 0.2) is 0 Å². The normalized spacial score (nSPS) is 22.2. The molecule has 1 saturated heterocycles. The number of carbonyl (C=O) groups excluding carboxylic acids is 2. The Morgan fingerprint density at radius 2 is 1.92 bits per heavy atom. The fourth-order valence-electron chi connectivity index (χ4n) is 4.81. The third kappa shape index (κ3) is 4.77. The van der Waals surface area contributed by atoms with Gasteiger partial charge in [0.1, 0.15) is 0 Å². The maximum atomic E-state index is 13.5. The van der Waals surface area contributed by atoms with Gasteiger partial charge in [-0.15, -0.1) is 0 Å². The lowest BCUT2D eigenvalue weighted by molar-refractivity contribution is -0.138. The number of imide groups is 1. The Kier molecular flexibility index (Phi) is 6.61. The van der Waals surface area contributed by atoms with E-state index in [0.29, 0.717) is 27.8 Å². The first kappa shape index (κ1) is 24.9. The minimum absolute atomic E-state index is 0.0101. The molecule has 1 aliphatic carbocycles. The van der Waals surface area contributed by atoms with Gasteiger partial charge in [-0.05, 0) is 66.1 Å². The molecule has 1 aliphatic heterocycles. The van der Waals surface area contributed by atoms with E-state index in [4.69, 9.17) is 17.3 Å². The number of halogens is 4. The molecule has 0 spiro atoms. The molecule has 11 heteroatoms. The van der Waals surface area contributed by atoms with Gasteiger partial charge in [-0.25, -0.2) is 0 Å². The van der Waals surface area contributed by atoms with E-state index in [-0.39, 0.29) is 40.4 Å². The molecular weight excluding hydrogens is 513 g/mol. The summed E-state index contributed by atoms with van der Waals surface area (Å²) in [7, 11) is 0. The monoisotopic (exact) mass is 534 g/mol. The van der Waals surface area contributed by atoms with Gasteiger partial charge in [-0.2, -0.15) is 18.3 Å². The van der Waals surface area contributed by atoms with E-state index in [1.807, 2.05) is 0 Å². The number of hydrogen-bond acceptors (Lipinski definition) is 5. The lowest BCUT2D eigenvalue weighted by atomic mass is 9.90. The van der Waals surface area contributed by atoms with E-state index in [1.54, 1.807) is 30.5 Å². The van der Waals surface area contributed by atoms with Gasteiger partial charge in [-0.1, -0.05) is 36.6 Å². The fraction of sp³-hybridized carbons (Fsp3) is 0.320. The third-order valence-corrected chi connectivity index (χ3v) is 7.72. The second-order valence-electron chi connectivity index (χ2n) is 8.99. The van der Waals surface area contributed by atoms with Crippen LogP contribution in [0.1, 0.15) is 42.4 Å². The van der Waals surface area contributed by atoms with E-state index < -0.39 is 11.7 Å². The van der Waals surface area contributed by atoms with Gasteiger partial charge < -0.3 is 5.73 Å². The second kappa shape index (κ2) is 9.57. The molecule has 6 nitrogen and oxygen atoms in total. The third-order valence-electron chi connectivity index (χ3n) is 6.60. The van der Waals surface area contributed by atoms with E-state index in [2.05, 4.69) is 5.10 Å². The lowest BCUT2D eigenvalue weighted by Crippen LogP contribution is -2.51. The number of nitrogens with two attached hydrogens (primary N) is 1. The average molecular weight is 535 g/mol. The van der Waals surface area contributed by atoms with Crippen LogP contribution in [-0.2, 0) is 17.5 Å². The molecule has 0 unspecified atom stereocenters. The molecule has 0 radical (unpaired) electrons. The number of amides is 2. The van der Waals surface area contributed by atoms with E-state index in [9.17, 15) is 22.8 Å². The van der Waals surface area contributed by atoms with Gasteiger partial charge in [-0.3, -0.25) is 19.2 Å². The predicted molar refractivity (Wildman–Crippen MR) is 133 cm³/mol. The number of alkyl halides is 3. The van der Waals surface area contributed by atoms with Crippen molar-refractivity contribution in [3.63, 3.8) is 0 Å². The van der Waals surface area contributed by atoms with Crippen LogP contribution in [-0.4, -0.2) is 37.9 Å². The molecule has 1 aromatic heterocycles. The number of benzene rings is 2. The minimum Gasteiger partial charge on any atom is -0.326 e. The summed E-state index contributed by atoms with van der Waals surface area (Å²) in [4.78, 5) is 27.2. The van der Waals surface area contributed by atoms with Crippen molar-refractivity contribution in [2.75, 3.05) is 0 Å². The lowest BCUT2D eigenvalue weighted by Gasteiger charge is -2.33. The van der Waals surface area contributed by atoms with Crippen LogP contribution >= 0.6 is 23.4 Å². The Morgan fingerprint density at radius 3 is 2.67 bits per heavy atom. The molecule has 2 N–H and O–H groups in total. The Morgan fingerprint density at radius 1 is 1.14 bits per heavy atom. The minimum atomic E-state index is -4.54. The zero-order valence-corrected chi connectivity index (χ0v) is 20.5. The number of fused-ring (bicyclic) bond motifs is 1. The SMILES string of the molecule is N[C@@H]1CCCC[C@H]1N1C(=O)S/C(=C\c2ccc3c(cnn3Cc3ccc(Cl)cc3C(F)(F)F)c2)C1=O. The number of rotatable bonds is 4. The zero-order chi connectivity index (χ0) is 25.6. The van der Waals surface area contributed by atoms with Crippen molar-refractivity contribution in [2.24, 2.45) is 5.73 Å². The molecule has 2 aliphatic rings. The molecule has 2 atom stereocenters. The summed E-state index contributed by atoms with van der Waals surface area (Å²) < 4.78 is 41.9. The summed E-state index contributed by atoms with van der Waals surface area (Å²) in [6.45, 7) is -0.0879. The van der Waals surface area contributed by atoms with Gasteiger partial charge in [0.25, 0.3) is 11.1 Å². The first-order chi connectivity index (χ1) is 17.1. The first-order valence-electron chi connectivity index (χ1n) is 11.5. The Labute approximate surface area is 214 Å². The molecule has 188 valence electrons. The van der Waals surface area contributed by atoms with E-state index in [1.165, 1.54) is 21.7 Å². The summed E-state index contributed by atoms with van der Waals surface area (Å²) in [5.74, 6) is -0.342. The van der Waals surface area contributed by atoms with Gasteiger partial charge in [0, 0.05) is 16.5 Å². The molecule has 36 heavy (non-hydrogen) atoms. The van der Waals surface area contributed by atoms with Gasteiger partial charge in [0.05, 0.1) is 34.8 Å². The Balaban J connectivity index is 1.40. The van der Waals surface area contributed by atoms with Crippen molar-refractivity contribution in [3.05, 3.63) is 69.2 Å². The maximum absolute atomic E-state index is 13.5. The highest BCUT2D eigenvalue weighted by Gasteiger charge is 2.42. The topological polar surface area (TPSA) is 81.2 Å². The van der Waals surface area contributed by atoms with Crippen LogP contribution in [0, 0.1) is 0 Å². The standard InChI is InChI=1S/C25H22ClF3N4O2S/c26-17-7-6-15(18(11-17)25(27,28)29)13-32-20-8-5-14(9-16(20)12-31-32)10-22-23(34)33(24(35)36-22)21-4-2-1-3-19(21)30/h5-12,19,21H,1-4,13,30H2/b22-10-/t19-,21-/m1/s1. The van der Waals surface area contributed by atoms with Crippen molar-refractivity contribution in [1.82, 2.24) is 14.7 Å².